The molecule has 3 nitrogen and oxygen atoms in total. The van der Waals surface area contributed by atoms with Gasteiger partial charge in [-0.1, -0.05) is 0 Å². The molecule has 0 bridgehead atoms. The lowest BCUT2D eigenvalue weighted by Gasteiger charge is -2.08. The lowest BCUT2D eigenvalue weighted by molar-refractivity contribution is -0.131. The first-order valence-electron chi connectivity index (χ1n) is 3.20. The zero-order chi connectivity index (χ0) is 8.59. The minimum Gasteiger partial charge on any atom is -0.268 e. The van der Waals surface area contributed by atoms with E-state index in [4.69, 9.17) is 0 Å². The average Bonchev–Trinajstić information content (AvgIpc) is 2.17. The van der Waals surface area contributed by atoms with Crippen molar-refractivity contribution in [3.05, 3.63) is 11.1 Å². The molecule has 0 aromatic carbocycles. The molecule has 4 heteroatoms. The minimum atomic E-state index is -0.181. The van der Waals surface area contributed by atoms with Gasteiger partial charge in [-0.15, -0.1) is 0 Å². The Kier molecular flexibility index (Phi) is 2.04. The first-order chi connectivity index (χ1) is 5.09. The topological polar surface area (TPSA) is 37.4 Å². The number of nitrogens with zero attached hydrogens (tertiary/aromatic N) is 1. The van der Waals surface area contributed by atoms with Gasteiger partial charge in [0.1, 0.15) is 0 Å². The van der Waals surface area contributed by atoms with Gasteiger partial charge in [0.2, 0.25) is 0 Å². The van der Waals surface area contributed by atoms with E-state index in [1.54, 1.807) is 20.1 Å². The number of carbonyl (C=O) groups excluding carboxylic acids is 2. The number of hydrogen-bond acceptors (Lipinski definition) is 3. The molecule has 60 valence electrons. The van der Waals surface area contributed by atoms with E-state index >= 15 is 0 Å². The summed E-state index contributed by atoms with van der Waals surface area (Å²) in [5, 5.41) is 0. The van der Waals surface area contributed by atoms with Crippen LogP contribution in [0, 0.1) is 0 Å². The highest BCUT2D eigenvalue weighted by atomic mass is 32.2. The van der Waals surface area contributed by atoms with Crippen LogP contribution in [0.3, 0.4) is 0 Å². The maximum Gasteiger partial charge on any atom is 0.267 e. The Bertz CT molecular complexity index is 233. The van der Waals surface area contributed by atoms with Crippen LogP contribution in [0.4, 0.5) is 0 Å². The van der Waals surface area contributed by atoms with E-state index in [1.807, 2.05) is 0 Å². The van der Waals surface area contributed by atoms with Crippen molar-refractivity contribution in [1.82, 2.24) is 4.31 Å². The van der Waals surface area contributed by atoms with Crippen molar-refractivity contribution in [2.45, 2.75) is 13.8 Å². The van der Waals surface area contributed by atoms with E-state index in [0.29, 0.717) is 11.1 Å². The summed E-state index contributed by atoms with van der Waals surface area (Å²) in [6.45, 7) is 3.34. The van der Waals surface area contributed by atoms with Gasteiger partial charge in [0.25, 0.3) is 11.8 Å². The number of imide groups is 1. The van der Waals surface area contributed by atoms with Crippen LogP contribution >= 0.6 is 11.9 Å². The number of amides is 2. The van der Waals surface area contributed by atoms with Crippen LogP contribution in [0.25, 0.3) is 0 Å². The van der Waals surface area contributed by atoms with Gasteiger partial charge in [-0.05, 0) is 25.8 Å². The molecule has 0 aliphatic carbocycles. The maximum atomic E-state index is 11.2. The number of carbonyl (C=O) groups is 2. The molecule has 0 saturated heterocycles. The molecule has 0 saturated carbocycles. The minimum absolute atomic E-state index is 0.181. The second-order valence-corrected chi connectivity index (χ2v) is 3.07. The smallest absolute Gasteiger partial charge is 0.267 e. The van der Waals surface area contributed by atoms with Crippen LogP contribution in [-0.4, -0.2) is 22.4 Å². The fourth-order valence-corrected chi connectivity index (χ4v) is 1.49. The van der Waals surface area contributed by atoms with Gasteiger partial charge >= 0.3 is 0 Å². The van der Waals surface area contributed by atoms with Crippen molar-refractivity contribution < 1.29 is 9.59 Å². The molecular formula is C7H9NO2S. The summed E-state index contributed by atoms with van der Waals surface area (Å²) in [5.74, 6) is -0.361. The summed E-state index contributed by atoms with van der Waals surface area (Å²) in [4.78, 5) is 22.4. The summed E-state index contributed by atoms with van der Waals surface area (Å²) in [5.41, 5.74) is 1.12. The van der Waals surface area contributed by atoms with Crippen LogP contribution in [0.2, 0.25) is 0 Å². The molecule has 0 aromatic rings. The summed E-state index contributed by atoms with van der Waals surface area (Å²) >= 11 is 1.15. The fraction of sp³-hybridized carbons (Fsp3) is 0.429. The lowest BCUT2D eigenvalue weighted by Crippen LogP contribution is -2.23. The van der Waals surface area contributed by atoms with Crippen molar-refractivity contribution in [3.8, 4) is 0 Å². The molecule has 0 fully saturated rings. The SMILES string of the molecule is CSN1C(=O)C(C)=C(C)C1=O. The summed E-state index contributed by atoms with van der Waals surface area (Å²) in [7, 11) is 0. The Labute approximate surface area is 69.6 Å². The van der Waals surface area contributed by atoms with Gasteiger partial charge in [0, 0.05) is 17.4 Å². The zero-order valence-electron chi connectivity index (χ0n) is 6.67. The third kappa shape index (κ3) is 1.07. The third-order valence-corrected chi connectivity index (χ3v) is 2.45. The molecule has 0 spiro atoms. The Hall–Kier alpha value is -0.770. The highest BCUT2D eigenvalue weighted by Crippen LogP contribution is 2.24. The van der Waals surface area contributed by atoms with E-state index in [-0.39, 0.29) is 11.8 Å². The molecule has 0 aromatic heterocycles. The van der Waals surface area contributed by atoms with Crippen molar-refractivity contribution in [3.63, 3.8) is 0 Å². The van der Waals surface area contributed by atoms with Crippen LogP contribution in [0.1, 0.15) is 13.8 Å². The summed E-state index contributed by atoms with van der Waals surface area (Å²) in [6, 6.07) is 0. The van der Waals surface area contributed by atoms with E-state index in [0.717, 1.165) is 11.9 Å². The van der Waals surface area contributed by atoms with Crippen molar-refractivity contribution in [2.24, 2.45) is 0 Å². The van der Waals surface area contributed by atoms with Crippen LogP contribution < -0.4 is 0 Å². The molecule has 1 aliphatic rings. The molecule has 0 N–H and O–H groups in total. The Balaban J connectivity index is 3.02. The van der Waals surface area contributed by atoms with Gasteiger partial charge < -0.3 is 0 Å². The third-order valence-electron chi connectivity index (χ3n) is 1.76. The van der Waals surface area contributed by atoms with Gasteiger partial charge in [-0.25, -0.2) is 4.31 Å². The van der Waals surface area contributed by atoms with Gasteiger partial charge in [0.05, 0.1) is 0 Å². The normalized spacial score (nSPS) is 18.6. The molecular weight excluding hydrogens is 162 g/mol. The average molecular weight is 171 g/mol. The van der Waals surface area contributed by atoms with Crippen LogP contribution in [-0.2, 0) is 9.59 Å². The molecule has 11 heavy (non-hydrogen) atoms. The van der Waals surface area contributed by atoms with E-state index in [2.05, 4.69) is 0 Å². The first-order valence-corrected chi connectivity index (χ1v) is 4.38. The van der Waals surface area contributed by atoms with Gasteiger partial charge in [-0.2, -0.15) is 0 Å². The second kappa shape index (κ2) is 2.70. The zero-order valence-corrected chi connectivity index (χ0v) is 7.49. The maximum absolute atomic E-state index is 11.2. The van der Waals surface area contributed by atoms with Crippen molar-refractivity contribution >= 4 is 23.8 Å². The van der Waals surface area contributed by atoms with E-state index in [9.17, 15) is 9.59 Å². The van der Waals surface area contributed by atoms with Gasteiger partial charge in [0.15, 0.2) is 0 Å². The predicted octanol–water partition coefficient (Wildman–Crippen LogP) is 0.970. The van der Waals surface area contributed by atoms with Crippen molar-refractivity contribution in [2.75, 3.05) is 6.26 Å². The molecule has 0 unspecified atom stereocenters. The van der Waals surface area contributed by atoms with Crippen LogP contribution in [0.5, 0.6) is 0 Å². The quantitative estimate of drug-likeness (QED) is 0.436. The van der Waals surface area contributed by atoms with Crippen LogP contribution in [0.15, 0.2) is 11.1 Å². The Morgan fingerprint density at radius 2 is 1.45 bits per heavy atom. The number of hydrogen-bond donors (Lipinski definition) is 0. The lowest BCUT2D eigenvalue weighted by atomic mass is 10.2. The molecule has 1 heterocycles. The first kappa shape index (κ1) is 8.33. The van der Waals surface area contributed by atoms with Gasteiger partial charge in [-0.3, -0.25) is 9.59 Å². The van der Waals surface area contributed by atoms with Crippen molar-refractivity contribution in [1.29, 1.82) is 0 Å². The fourth-order valence-electron chi connectivity index (χ4n) is 0.883. The highest BCUT2D eigenvalue weighted by molar-refractivity contribution is 7.97. The molecule has 1 aliphatic heterocycles. The number of rotatable bonds is 1. The van der Waals surface area contributed by atoms with E-state index in [1.165, 1.54) is 4.31 Å². The Morgan fingerprint density at radius 3 is 1.64 bits per heavy atom. The molecule has 2 amide bonds. The standard InChI is InChI=1S/C7H9NO2S/c1-4-5(2)7(10)8(11-3)6(4)9/h1-3H3. The largest absolute Gasteiger partial charge is 0.268 e. The molecule has 0 radical (unpaired) electrons. The summed E-state index contributed by atoms with van der Waals surface area (Å²) < 4.78 is 1.17. The molecule has 0 atom stereocenters. The second-order valence-electron chi connectivity index (χ2n) is 2.34. The molecule has 1 rings (SSSR count). The van der Waals surface area contributed by atoms with E-state index < -0.39 is 0 Å². The Morgan fingerprint density at radius 1 is 1.09 bits per heavy atom. The summed E-state index contributed by atoms with van der Waals surface area (Å²) in [6.07, 6.45) is 1.71. The predicted molar refractivity (Wildman–Crippen MR) is 43.7 cm³/mol. The monoisotopic (exact) mass is 171 g/mol. The highest BCUT2D eigenvalue weighted by Gasteiger charge is 2.32.